The number of amides is 1. The van der Waals surface area contributed by atoms with E-state index in [0.717, 1.165) is 4.21 Å². The van der Waals surface area contributed by atoms with E-state index >= 15 is 0 Å². The Kier molecular flexibility index (Phi) is 5.95. The molecule has 1 N–H and O–H groups in total. The van der Waals surface area contributed by atoms with Gasteiger partial charge in [0.1, 0.15) is 0 Å². The van der Waals surface area contributed by atoms with Gasteiger partial charge in [-0.15, -0.1) is 23.1 Å². The van der Waals surface area contributed by atoms with E-state index in [1.54, 1.807) is 11.3 Å². The van der Waals surface area contributed by atoms with Gasteiger partial charge in [0, 0.05) is 6.54 Å². The number of esters is 1. The van der Waals surface area contributed by atoms with E-state index in [9.17, 15) is 9.59 Å². The Morgan fingerprint density at radius 2 is 2.38 bits per heavy atom. The number of carbonyl (C=O) groups is 2. The van der Waals surface area contributed by atoms with Crippen LogP contribution < -0.4 is 5.32 Å². The zero-order chi connectivity index (χ0) is 11.8. The molecule has 0 spiro atoms. The summed E-state index contributed by atoms with van der Waals surface area (Å²) in [4.78, 5) is 22.1. The standard InChI is InChI=1S/C10H13NO3S2/c1-14-9(13)4-5-11-8(12)7-16-10-3-2-6-15-10/h2-3,6H,4-5,7H2,1H3,(H,11,12). The van der Waals surface area contributed by atoms with Gasteiger partial charge in [0.15, 0.2) is 0 Å². The second-order valence-electron chi connectivity index (χ2n) is 2.90. The Bertz CT molecular complexity index is 338. The molecule has 1 amide bonds. The van der Waals surface area contributed by atoms with Crippen LogP contribution in [0.15, 0.2) is 21.7 Å². The number of hydrogen-bond acceptors (Lipinski definition) is 5. The number of nitrogens with one attached hydrogen (secondary N) is 1. The maximum Gasteiger partial charge on any atom is 0.307 e. The lowest BCUT2D eigenvalue weighted by molar-refractivity contribution is -0.140. The second kappa shape index (κ2) is 7.29. The average molecular weight is 259 g/mol. The van der Waals surface area contributed by atoms with Gasteiger partial charge in [0.25, 0.3) is 0 Å². The van der Waals surface area contributed by atoms with Crippen LogP contribution in [0.3, 0.4) is 0 Å². The minimum absolute atomic E-state index is 0.0673. The first-order valence-corrected chi connectivity index (χ1v) is 6.58. The Labute approximate surface area is 102 Å². The average Bonchev–Trinajstić information content (AvgIpc) is 2.79. The fraction of sp³-hybridized carbons (Fsp3) is 0.400. The van der Waals surface area contributed by atoms with Gasteiger partial charge >= 0.3 is 5.97 Å². The number of methoxy groups -OCH3 is 1. The molecular formula is C10H13NO3S2. The lowest BCUT2D eigenvalue weighted by atomic mass is 10.4. The van der Waals surface area contributed by atoms with Crippen molar-refractivity contribution in [1.82, 2.24) is 5.32 Å². The molecule has 16 heavy (non-hydrogen) atoms. The van der Waals surface area contributed by atoms with Gasteiger partial charge in [0.2, 0.25) is 5.91 Å². The molecule has 0 unspecified atom stereocenters. The number of hydrogen-bond donors (Lipinski definition) is 1. The lowest BCUT2D eigenvalue weighted by Crippen LogP contribution is -2.27. The SMILES string of the molecule is COC(=O)CCNC(=O)CSc1cccs1. The number of thioether (sulfide) groups is 1. The molecule has 1 aromatic heterocycles. The molecule has 1 aromatic rings. The van der Waals surface area contributed by atoms with Crippen molar-refractivity contribution in [1.29, 1.82) is 0 Å². The summed E-state index contributed by atoms with van der Waals surface area (Å²) in [6.45, 7) is 0.330. The van der Waals surface area contributed by atoms with E-state index in [-0.39, 0.29) is 18.3 Å². The third kappa shape index (κ3) is 5.18. The van der Waals surface area contributed by atoms with Crippen LogP contribution in [0.25, 0.3) is 0 Å². The molecule has 0 aliphatic carbocycles. The molecule has 0 aliphatic heterocycles. The Balaban J connectivity index is 2.09. The van der Waals surface area contributed by atoms with Gasteiger partial charge in [0.05, 0.1) is 23.5 Å². The highest BCUT2D eigenvalue weighted by atomic mass is 32.2. The summed E-state index contributed by atoms with van der Waals surface area (Å²) < 4.78 is 5.57. The van der Waals surface area contributed by atoms with Crippen molar-refractivity contribution < 1.29 is 14.3 Å². The van der Waals surface area contributed by atoms with E-state index < -0.39 is 0 Å². The maximum atomic E-state index is 11.3. The monoisotopic (exact) mass is 259 g/mol. The lowest BCUT2D eigenvalue weighted by Gasteiger charge is -2.03. The fourth-order valence-corrected chi connectivity index (χ4v) is 2.55. The molecule has 1 rings (SSSR count). The first kappa shape index (κ1) is 13.1. The highest BCUT2D eigenvalue weighted by Crippen LogP contribution is 2.22. The predicted octanol–water partition coefficient (Wildman–Crippen LogP) is 1.52. The summed E-state index contributed by atoms with van der Waals surface area (Å²) in [7, 11) is 1.33. The van der Waals surface area contributed by atoms with E-state index in [2.05, 4.69) is 10.1 Å². The Hall–Kier alpha value is -1.01. The summed E-state index contributed by atoms with van der Waals surface area (Å²) in [5.74, 6) is -0.00433. The Morgan fingerprint density at radius 1 is 1.56 bits per heavy atom. The van der Waals surface area contributed by atoms with Crippen molar-refractivity contribution in [3.05, 3.63) is 17.5 Å². The van der Waals surface area contributed by atoms with Gasteiger partial charge in [-0.05, 0) is 11.4 Å². The van der Waals surface area contributed by atoms with Crippen molar-refractivity contribution in [2.45, 2.75) is 10.6 Å². The van der Waals surface area contributed by atoms with Crippen molar-refractivity contribution in [3.8, 4) is 0 Å². The molecule has 6 heteroatoms. The quantitative estimate of drug-likeness (QED) is 0.621. The molecule has 4 nitrogen and oxygen atoms in total. The molecule has 88 valence electrons. The van der Waals surface area contributed by atoms with Crippen LogP contribution in [-0.4, -0.2) is 31.3 Å². The minimum atomic E-state index is -0.314. The maximum absolute atomic E-state index is 11.3. The van der Waals surface area contributed by atoms with Crippen LogP contribution in [0.5, 0.6) is 0 Å². The van der Waals surface area contributed by atoms with E-state index in [1.165, 1.54) is 18.9 Å². The highest BCUT2D eigenvalue weighted by molar-refractivity contribution is 8.01. The molecule has 0 aliphatic rings. The largest absolute Gasteiger partial charge is 0.469 e. The van der Waals surface area contributed by atoms with Crippen LogP contribution in [0, 0.1) is 0 Å². The second-order valence-corrected chi connectivity index (χ2v) is 5.12. The molecule has 0 radical (unpaired) electrons. The predicted molar refractivity (Wildman–Crippen MR) is 64.7 cm³/mol. The van der Waals surface area contributed by atoms with Crippen molar-refractivity contribution in [2.24, 2.45) is 0 Å². The molecular weight excluding hydrogens is 246 g/mol. The normalized spacial score (nSPS) is 9.81. The van der Waals surface area contributed by atoms with Gasteiger partial charge < -0.3 is 10.1 Å². The van der Waals surface area contributed by atoms with Crippen molar-refractivity contribution in [2.75, 3.05) is 19.4 Å². The molecule has 0 atom stereocenters. The third-order valence-electron chi connectivity index (χ3n) is 1.72. The number of rotatable bonds is 6. The smallest absolute Gasteiger partial charge is 0.307 e. The van der Waals surface area contributed by atoms with Gasteiger partial charge in [-0.2, -0.15) is 0 Å². The van der Waals surface area contributed by atoms with Gasteiger partial charge in [-0.1, -0.05) is 6.07 Å². The summed E-state index contributed by atoms with van der Waals surface area (Å²) >= 11 is 3.10. The summed E-state index contributed by atoms with van der Waals surface area (Å²) in [6, 6.07) is 3.92. The van der Waals surface area contributed by atoms with E-state index in [1.807, 2.05) is 17.5 Å². The number of ether oxygens (including phenoxy) is 1. The highest BCUT2D eigenvalue weighted by Gasteiger charge is 2.04. The van der Waals surface area contributed by atoms with E-state index in [0.29, 0.717) is 12.3 Å². The third-order valence-corrected chi connectivity index (χ3v) is 3.85. The van der Waals surface area contributed by atoms with Crippen LogP contribution in [0.2, 0.25) is 0 Å². The first-order valence-electron chi connectivity index (χ1n) is 4.72. The minimum Gasteiger partial charge on any atom is -0.469 e. The first-order chi connectivity index (χ1) is 7.72. The molecule has 0 fully saturated rings. The molecule has 0 saturated carbocycles. The molecule has 0 bridgehead atoms. The van der Waals surface area contributed by atoms with E-state index in [4.69, 9.17) is 0 Å². The van der Waals surface area contributed by atoms with Crippen LogP contribution in [0.1, 0.15) is 6.42 Å². The number of carbonyl (C=O) groups excluding carboxylic acids is 2. The van der Waals surface area contributed by atoms with Crippen LogP contribution in [-0.2, 0) is 14.3 Å². The topological polar surface area (TPSA) is 55.4 Å². The van der Waals surface area contributed by atoms with Crippen LogP contribution in [0.4, 0.5) is 0 Å². The summed E-state index contributed by atoms with van der Waals surface area (Å²) in [5, 5.41) is 4.62. The molecule has 0 saturated heterocycles. The van der Waals surface area contributed by atoms with Crippen LogP contribution >= 0.6 is 23.1 Å². The fourth-order valence-electron chi connectivity index (χ4n) is 0.939. The van der Waals surface area contributed by atoms with Gasteiger partial charge in [-0.3, -0.25) is 9.59 Å². The zero-order valence-corrected chi connectivity index (χ0v) is 10.5. The summed E-state index contributed by atoms with van der Waals surface area (Å²) in [6.07, 6.45) is 0.214. The van der Waals surface area contributed by atoms with Crippen molar-refractivity contribution in [3.63, 3.8) is 0 Å². The van der Waals surface area contributed by atoms with Gasteiger partial charge in [-0.25, -0.2) is 0 Å². The zero-order valence-electron chi connectivity index (χ0n) is 8.89. The van der Waals surface area contributed by atoms with Crippen molar-refractivity contribution >= 4 is 35.0 Å². The Morgan fingerprint density at radius 3 is 3.00 bits per heavy atom. The molecule has 0 aromatic carbocycles. The summed E-state index contributed by atoms with van der Waals surface area (Å²) in [5.41, 5.74) is 0. The molecule has 1 heterocycles. The number of thiophene rings is 1.